The van der Waals surface area contributed by atoms with Crippen LogP contribution in [-0.2, 0) is 0 Å². The van der Waals surface area contributed by atoms with Gasteiger partial charge in [0.05, 0.1) is 0 Å². The molecular weight excluding hydrogens is 108 g/mol. The minimum absolute atomic E-state index is 1.03. The fourth-order valence-electron chi connectivity index (χ4n) is 0.676. The van der Waals surface area contributed by atoms with Gasteiger partial charge in [-0.2, -0.15) is 0 Å². The van der Waals surface area contributed by atoms with Crippen LogP contribution >= 0.6 is 0 Å². The maximum Gasteiger partial charge on any atom is -0.0351 e. The summed E-state index contributed by atoms with van der Waals surface area (Å²) in [6, 6.07) is 0. The molecule has 0 saturated carbocycles. The summed E-state index contributed by atoms with van der Waals surface area (Å²) in [5.74, 6) is 0. The molecule has 0 spiro atoms. The summed E-state index contributed by atoms with van der Waals surface area (Å²) in [5.41, 5.74) is 0. The highest BCUT2D eigenvalue weighted by atomic mass is 13.8. The average Bonchev–Trinajstić information content (AvgIpc) is 1.89. The molecule has 0 atom stereocenters. The summed E-state index contributed by atoms with van der Waals surface area (Å²) in [5, 5.41) is 0. The van der Waals surface area contributed by atoms with Crippen molar-refractivity contribution in [1.82, 2.24) is 0 Å². The molecule has 9 heavy (non-hydrogen) atoms. The zero-order valence-electron chi connectivity index (χ0n) is 6.40. The summed E-state index contributed by atoms with van der Waals surface area (Å²) < 4.78 is 0. The Bertz CT molecular complexity index is 62.4. The van der Waals surface area contributed by atoms with Gasteiger partial charge in [-0.3, -0.25) is 0 Å². The fourth-order valence-corrected chi connectivity index (χ4v) is 0.676. The van der Waals surface area contributed by atoms with Crippen molar-refractivity contribution in [2.24, 2.45) is 0 Å². The van der Waals surface area contributed by atoms with Gasteiger partial charge in [-0.25, -0.2) is 0 Å². The Morgan fingerprint density at radius 1 is 1.22 bits per heavy atom. The number of allylic oxidation sites excluding steroid dienone is 2. The zero-order valence-corrected chi connectivity index (χ0v) is 6.40. The van der Waals surface area contributed by atoms with Gasteiger partial charge in [-0.1, -0.05) is 38.8 Å². The maximum atomic E-state index is 3.75. The molecule has 0 unspecified atom stereocenters. The summed E-state index contributed by atoms with van der Waals surface area (Å²) in [7, 11) is 0. The van der Waals surface area contributed by atoms with E-state index in [9.17, 15) is 0 Å². The molecule has 0 heteroatoms. The Hall–Kier alpha value is -0.260. The maximum absolute atomic E-state index is 3.75. The molecule has 1 radical (unpaired) electrons. The molecule has 0 heterocycles. The molecule has 0 aliphatic heterocycles. The molecule has 0 bridgehead atoms. The van der Waals surface area contributed by atoms with Crippen LogP contribution in [0.2, 0.25) is 0 Å². The van der Waals surface area contributed by atoms with Gasteiger partial charge in [-0.15, -0.1) is 0 Å². The van der Waals surface area contributed by atoms with Gasteiger partial charge in [0, 0.05) is 0 Å². The predicted octanol–water partition coefficient (Wildman–Crippen LogP) is 3.35. The fraction of sp³-hybridized carbons (Fsp3) is 0.667. The Morgan fingerprint density at radius 3 is 2.44 bits per heavy atom. The third-order valence-electron chi connectivity index (χ3n) is 1.26. The van der Waals surface area contributed by atoms with Crippen molar-refractivity contribution in [1.29, 1.82) is 0 Å². The molecule has 0 aromatic carbocycles. The summed E-state index contributed by atoms with van der Waals surface area (Å²) in [6.07, 6.45) is 10.5. The lowest BCUT2D eigenvalue weighted by Gasteiger charge is -1.87. The smallest absolute Gasteiger partial charge is 0.0351 e. The average molecular weight is 125 g/mol. The van der Waals surface area contributed by atoms with Crippen molar-refractivity contribution in [3.63, 3.8) is 0 Å². The topological polar surface area (TPSA) is 0 Å². The summed E-state index contributed by atoms with van der Waals surface area (Å²) >= 11 is 0. The summed E-state index contributed by atoms with van der Waals surface area (Å²) in [6.45, 7) is 5.97. The molecule has 0 aromatic heterocycles. The van der Waals surface area contributed by atoms with E-state index in [0.717, 1.165) is 12.8 Å². The number of hydrogen-bond donors (Lipinski definition) is 0. The van der Waals surface area contributed by atoms with Crippen LogP contribution in [0.1, 0.15) is 39.0 Å². The molecule has 0 aromatic rings. The Morgan fingerprint density at radius 2 is 1.89 bits per heavy atom. The number of hydrogen-bond acceptors (Lipinski definition) is 0. The van der Waals surface area contributed by atoms with E-state index in [2.05, 4.69) is 26.0 Å². The number of rotatable bonds is 5. The second kappa shape index (κ2) is 7.74. The first-order chi connectivity index (χ1) is 4.41. The Balaban J connectivity index is 2.86. The van der Waals surface area contributed by atoms with Gasteiger partial charge in [0.25, 0.3) is 0 Å². The quantitative estimate of drug-likeness (QED) is 0.390. The third kappa shape index (κ3) is 7.74. The molecule has 0 saturated heterocycles. The van der Waals surface area contributed by atoms with Crippen molar-refractivity contribution in [2.45, 2.75) is 39.0 Å². The monoisotopic (exact) mass is 125 g/mol. The normalized spacial score (nSPS) is 10.9. The van der Waals surface area contributed by atoms with Gasteiger partial charge < -0.3 is 0 Å². The van der Waals surface area contributed by atoms with Gasteiger partial charge >= 0.3 is 0 Å². The van der Waals surface area contributed by atoms with E-state index in [-0.39, 0.29) is 0 Å². The molecule has 0 nitrogen and oxygen atoms in total. The zero-order chi connectivity index (χ0) is 6.95. The van der Waals surface area contributed by atoms with Crippen LogP contribution in [0.5, 0.6) is 0 Å². The van der Waals surface area contributed by atoms with Crippen LogP contribution in [0.4, 0.5) is 0 Å². The van der Waals surface area contributed by atoms with E-state index in [1.54, 1.807) is 0 Å². The predicted molar refractivity (Wildman–Crippen MR) is 43.3 cm³/mol. The Kier molecular flexibility index (Phi) is 7.52. The summed E-state index contributed by atoms with van der Waals surface area (Å²) in [4.78, 5) is 0. The van der Waals surface area contributed by atoms with Crippen molar-refractivity contribution in [2.75, 3.05) is 0 Å². The van der Waals surface area contributed by atoms with Crippen LogP contribution < -0.4 is 0 Å². The van der Waals surface area contributed by atoms with E-state index in [1.807, 2.05) is 0 Å². The number of unbranched alkanes of at least 4 members (excludes halogenated alkanes) is 3. The second-order valence-corrected chi connectivity index (χ2v) is 2.26. The second-order valence-electron chi connectivity index (χ2n) is 2.26. The lowest BCUT2D eigenvalue weighted by Crippen LogP contribution is -1.66. The molecule has 0 aliphatic carbocycles. The van der Waals surface area contributed by atoms with Gasteiger partial charge in [0.2, 0.25) is 0 Å². The van der Waals surface area contributed by atoms with Gasteiger partial charge in [-0.05, 0) is 19.3 Å². The van der Waals surface area contributed by atoms with Crippen LogP contribution in [0.25, 0.3) is 0 Å². The standard InChI is InChI=1S/C9H17/c1-3-5-7-9-8-6-4-2/h7,9H,1,3-6,8H2,2H3. The highest BCUT2D eigenvalue weighted by Gasteiger charge is 1.76. The minimum atomic E-state index is 1.03. The van der Waals surface area contributed by atoms with E-state index >= 15 is 0 Å². The molecular formula is C9H17. The van der Waals surface area contributed by atoms with E-state index in [1.165, 1.54) is 19.3 Å². The molecule has 53 valence electrons. The van der Waals surface area contributed by atoms with Crippen molar-refractivity contribution >= 4 is 0 Å². The third-order valence-corrected chi connectivity index (χ3v) is 1.26. The molecule has 0 amide bonds. The largest absolute Gasteiger partial charge is 0.0885 e. The first-order valence-corrected chi connectivity index (χ1v) is 3.86. The first-order valence-electron chi connectivity index (χ1n) is 3.86. The highest BCUT2D eigenvalue weighted by molar-refractivity contribution is 4.81. The van der Waals surface area contributed by atoms with Crippen molar-refractivity contribution in [3.05, 3.63) is 19.1 Å². The SMILES string of the molecule is [CH2]CCC=CCCCC. The van der Waals surface area contributed by atoms with Crippen LogP contribution in [-0.4, -0.2) is 0 Å². The molecule has 0 fully saturated rings. The van der Waals surface area contributed by atoms with E-state index in [4.69, 9.17) is 0 Å². The van der Waals surface area contributed by atoms with Gasteiger partial charge in [0.1, 0.15) is 0 Å². The molecule has 0 aliphatic rings. The lowest BCUT2D eigenvalue weighted by atomic mass is 10.2. The van der Waals surface area contributed by atoms with E-state index in [0.29, 0.717) is 0 Å². The highest BCUT2D eigenvalue weighted by Crippen LogP contribution is 1.96. The minimum Gasteiger partial charge on any atom is -0.0885 e. The lowest BCUT2D eigenvalue weighted by molar-refractivity contribution is 0.811. The van der Waals surface area contributed by atoms with Crippen LogP contribution in [0.3, 0.4) is 0 Å². The van der Waals surface area contributed by atoms with Gasteiger partial charge in [0.15, 0.2) is 0 Å². The van der Waals surface area contributed by atoms with E-state index < -0.39 is 0 Å². The molecule has 0 rings (SSSR count). The van der Waals surface area contributed by atoms with Crippen molar-refractivity contribution < 1.29 is 0 Å². The Labute approximate surface area is 59.0 Å². The van der Waals surface area contributed by atoms with Crippen LogP contribution in [0, 0.1) is 6.92 Å². The van der Waals surface area contributed by atoms with Crippen molar-refractivity contribution in [3.8, 4) is 0 Å². The molecule has 0 N–H and O–H groups in total. The van der Waals surface area contributed by atoms with Crippen LogP contribution in [0.15, 0.2) is 12.2 Å². The first kappa shape index (κ1) is 8.74.